The third-order valence-corrected chi connectivity index (χ3v) is 5.23. The van der Waals surface area contributed by atoms with E-state index in [9.17, 15) is 0 Å². The Bertz CT molecular complexity index is 816. The fourth-order valence-corrected chi connectivity index (χ4v) is 3.91. The first-order chi connectivity index (χ1) is 10.2. The van der Waals surface area contributed by atoms with E-state index in [1.165, 1.54) is 26.7 Å². The minimum Gasteiger partial charge on any atom is -0.318 e. The molecule has 0 saturated carbocycles. The topological polar surface area (TPSA) is 43.6 Å². The van der Waals surface area contributed by atoms with Gasteiger partial charge in [-0.05, 0) is 12.5 Å². The summed E-state index contributed by atoms with van der Waals surface area (Å²) >= 11 is 1.84. The largest absolute Gasteiger partial charge is 0.318 e. The summed E-state index contributed by atoms with van der Waals surface area (Å²) < 4.78 is 2.05. The van der Waals surface area contributed by atoms with Crippen LogP contribution in [-0.4, -0.2) is 19.7 Å². The van der Waals surface area contributed by atoms with E-state index in [0.717, 1.165) is 30.9 Å². The maximum Gasteiger partial charge on any atom is 0.133 e. The number of nitrogens with zero attached hydrogens (tertiary/aromatic N) is 4. The SMILES string of the molecule is Cc1nnc(CCc2nc3c(s2)Cc2ccccc2-3)n1C. The lowest BCUT2D eigenvalue weighted by Gasteiger charge is -2.00. The van der Waals surface area contributed by atoms with Crippen molar-refractivity contribution in [3.8, 4) is 11.3 Å². The average molecular weight is 296 g/mol. The number of thiazole rings is 1. The maximum absolute atomic E-state index is 4.84. The number of hydrogen-bond donors (Lipinski definition) is 0. The van der Waals surface area contributed by atoms with Gasteiger partial charge in [-0.15, -0.1) is 21.5 Å². The summed E-state index contributed by atoms with van der Waals surface area (Å²) in [4.78, 5) is 6.25. The molecule has 4 nitrogen and oxygen atoms in total. The molecule has 5 heteroatoms. The molecule has 0 spiro atoms. The van der Waals surface area contributed by atoms with Crippen molar-refractivity contribution in [2.75, 3.05) is 0 Å². The summed E-state index contributed by atoms with van der Waals surface area (Å²) in [5.74, 6) is 1.99. The van der Waals surface area contributed by atoms with E-state index in [4.69, 9.17) is 4.98 Å². The molecule has 2 aromatic heterocycles. The zero-order chi connectivity index (χ0) is 14.4. The zero-order valence-corrected chi connectivity index (χ0v) is 12.9. The van der Waals surface area contributed by atoms with Gasteiger partial charge in [-0.25, -0.2) is 4.98 Å². The Hall–Kier alpha value is -2.01. The van der Waals surface area contributed by atoms with Crippen LogP contribution in [0, 0.1) is 6.92 Å². The fraction of sp³-hybridized carbons (Fsp3) is 0.312. The zero-order valence-electron chi connectivity index (χ0n) is 12.1. The molecule has 0 amide bonds. The number of aryl methyl sites for hydroxylation is 3. The molecule has 0 atom stereocenters. The second-order valence-corrected chi connectivity index (χ2v) is 6.60. The van der Waals surface area contributed by atoms with Crippen LogP contribution < -0.4 is 0 Å². The Morgan fingerprint density at radius 3 is 2.86 bits per heavy atom. The van der Waals surface area contributed by atoms with Crippen LogP contribution in [0.2, 0.25) is 0 Å². The van der Waals surface area contributed by atoms with Crippen LogP contribution in [0.3, 0.4) is 0 Å². The summed E-state index contributed by atoms with van der Waals surface area (Å²) in [6.07, 6.45) is 2.86. The second kappa shape index (κ2) is 4.77. The molecule has 2 heterocycles. The lowest BCUT2D eigenvalue weighted by atomic mass is 10.1. The highest BCUT2D eigenvalue weighted by molar-refractivity contribution is 7.12. The van der Waals surface area contributed by atoms with Gasteiger partial charge in [0.15, 0.2) is 0 Å². The van der Waals surface area contributed by atoms with Crippen LogP contribution in [0.1, 0.15) is 27.1 Å². The van der Waals surface area contributed by atoms with Gasteiger partial charge in [0.1, 0.15) is 11.6 Å². The monoisotopic (exact) mass is 296 g/mol. The molecule has 1 aliphatic carbocycles. The molecule has 1 aromatic carbocycles. The predicted molar refractivity (Wildman–Crippen MR) is 83.5 cm³/mol. The van der Waals surface area contributed by atoms with Crippen LogP contribution in [-0.2, 0) is 26.3 Å². The predicted octanol–water partition coefficient (Wildman–Crippen LogP) is 2.94. The summed E-state index contributed by atoms with van der Waals surface area (Å²) in [6.45, 7) is 1.98. The summed E-state index contributed by atoms with van der Waals surface area (Å²) in [6, 6.07) is 8.57. The van der Waals surface area contributed by atoms with Crippen LogP contribution in [0.25, 0.3) is 11.3 Å². The van der Waals surface area contributed by atoms with Crippen molar-refractivity contribution in [2.24, 2.45) is 7.05 Å². The fourth-order valence-electron chi connectivity index (χ4n) is 2.80. The molecule has 4 rings (SSSR count). The Balaban J connectivity index is 1.56. The molecule has 0 N–H and O–H groups in total. The first-order valence-electron chi connectivity index (χ1n) is 7.14. The third-order valence-electron chi connectivity index (χ3n) is 4.11. The number of hydrogen-bond acceptors (Lipinski definition) is 4. The van der Waals surface area contributed by atoms with E-state index < -0.39 is 0 Å². The van der Waals surface area contributed by atoms with Crippen molar-refractivity contribution in [3.63, 3.8) is 0 Å². The second-order valence-electron chi connectivity index (χ2n) is 5.44. The van der Waals surface area contributed by atoms with E-state index in [0.29, 0.717) is 0 Å². The quantitative estimate of drug-likeness (QED) is 0.584. The van der Waals surface area contributed by atoms with Gasteiger partial charge in [0.25, 0.3) is 0 Å². The van der Waals surface area contributed by atoms with Crippen LogP contribution in [0.5, 0.6) is 0 Å². The molecule has 3 aromatic rings. The minimum absolute atomic E-state index is 0.894. The van der Waals surface area contributed by atoms with Gasteiger partial charge in [-0.2, -0.15) is 0 Å². The molecule has 1 aliphatic rings. The third kappa shape index (κ3) is 2.08. The minimum atomic E-state index is 0.894. The van der Waals surface area contributed by atoms with Gasteiger partial charge in [0.2, 0.25) is 0 Å². The van der Waals surface area contributed by atoms with Gasteiger partial charge >= 0.3 is 0 Å². The van der Waals surface area contributed by atoms with Gasteiger partial charge in [-0.3, -0.25) is 0 Å². The molecule has 0 saturated heterocycles. The smallest absolute Gasteiger partial charge is 0.133 e. The summed E-state index contributed by atoms with van der Waals surface area (Å²) in [5.41, 5.74) is 3.91. The Morgan fingerprint density at radius 2 is 2.05 bits per heavy atom. The van der Waals surface area contributed by atoms with Gasteiger partial charge in [-0.1, -0.05) is 24.3 Å². The van der Waals surface area contributed by atoms with Crippen LogP contribution >= 0.6 is 11.3 Å². The van der Waals surface area contributed by atoms with E-state index in [1.54, 1.807) is 0 Å². The Labute approximate surface area is 127 Å². The number of fused-ring (bicyclic) bond motifs is 3. The van der Waals surface area contributed by atoms with E-state index in [2.05, 4.69) is 39.0 Å². The van der Waals surface area contributed by atoms with Crippen LogP contribution in [0.15, 0.2) is 24.3 Å². The molecular formula is C16H16N4S. The van der Waals surface area contributed by atoms with Crippen molar-refractivity contribution < 1.29 is 0 Å². The van der Waals surface area contributed by atoms with E-state index >= 15 is 0 Å². The first kappa shape index (κ1) is 12.7. The number of rotatable bonds is 3. The highest BCUT2D eigenvalue weighted by Crippen LogP contribution is 2.39. The number of aromatic nitrogens is 4. The normalized spacial score (nSPS) is 12.5. The molecule has 106 valence electrons. The lowest BCUT2D eigenvalue weighted by Crippen LogP contribution is -2.01. The Kier molecular flexibility index (Phi) is 2.89. The lowest BCUT2D eigenvalue weighted by molar-refractivity contribution is 0.753. The van der Waals surface area contributed by atoms with E-state index in [-0.39, 0.29) is 0 Å². The van der Waals surface area contributed by atoms with Crippen molar-refractivity contribution in [1.82, 2.24) is 19.7 Å². The maximum atomic E-state index is 4.84. The highest BCUT2D eigenvalue weighted by Gasteiger charge is 2.22. The standard InChI is InChI=1S/C16H16N4S/c1-10-18-19-14(20(10)2)7-8-15-17-16-12-6-4-3-5-11(12)9-13(16)21-15/h3-6H,7-9H2,1-2H3. The van der Waals surface area contributed by atoms with Crippen molar-refractivity contribution in [1.29, 1.82) is 0 Å². The van der Waals surface area contributed by atoms with Gasteiger partial charge in [0.05, 0.1) is 10.7 Å². The van der Waals surface area contributed by atoms with Crippen molar-refractivity contribution in [3.05, 3.63) is 51.4 Å². The summed E-state index contributed by atoms with van der Waals surface area (Å²) in [7, 11) is 2.02. The van der Waals surface area contributed by atoms with Gasteiger partial charge < -0.3 is 4.57 Å². The van der Waals surface area contributed by atoms with Gasteiger partial charge in [0, 0.05) is 36.8 Å². The molecule has 0 unspecified atom stereocenters. The first-order valence-corrected chi connectivity index (χ1v) is 7.96. The average Bonchev–Trinajstić information content (AvgIpc) is 3.12. The van der Waals surface area contributed by atoms with Crippen molar-refractivity contribution >= 4 is 11.3 Å². The molecule has 0 bridgehead atoms. The Morgan fingerprint density at radius 1 is 1.19 bits per heavy atom. The molecule has 0 aliphatic heterocycles. The highest BCUT2D eigenvalue weighted by atomic mass is 32.1. The van der Waals surface area contributed by atoms with Crippen LogP contribution in [0.4, 0.5) is 0 Å². The molecule has 21 heavy (non-hydrogen) atoms. The molecular weight excluding hydrogens is 280 g/mol. The van der Waals surface area contributed by atoms with E-state index in [1.807, 2.05) is 25.3 Å². The van der Waals surface area contributed by atoms with Crippen molar-refractivity contribution in [2.45, 2.75) is 26.2 Å². The number of benzene rings is 1. The molecule has 0 fully saturated rings. The molecule has 0 radical (unpaired) electrons. The summed E-state index contributed by atoms with van der Waals surface area (Å²) in [5, 5.41) is 9.53.